The van der Waals surface area contributed by atoms with Gasteiger partial charge in [0.15, 0.2) is 0 Å². The fourth-order valence-electron chi connectivity index (χ4n) is 3.83. The van der Waals surface area contributed by atoms with Crippen LogP contribution in [0.2, 0.25) is 0 Å². The van der Waals surface area contributed by atoms with Crippen molar-refractivity contribution < 1.29 is 9.53 Å². The normalized spacial score (nSPS) is 14.5. The summed E-state index contributed by atoms with van der Waals surface area (Å²) in [7, 11) is 0. The highest BCUT2D eigenvalue weighted by Crippen LogP contribution is 2.26. The van der Waals surface area contributed by atoms with E-state index in [9.17, 15) is 4.79 Å². The topological polar surface area (TPSA) is 81.9 Å². The van der Waals surface area contributed by atoms with Crippen molar-refractivity contribution in [3.63, 3.8) is 0 Å². The number of carbonyl (C=O) groups is 1. The maximum Gasteiger partial charge on any atom is 0.252 e. The summed E-state index contributed by atoms with van der Waals surface area (Å²) >= 11 is 0. The zero-order valence-electron chi connectivity index (χ0n) is 19.0. The molecule has 168 valence electrons. The summed E-state index contributed by atoms with van der Waals surface area (Å²) in [4.78, 5) is 21.3. The Labute approximate surface area is 189 Å². The fourth-order valence-corrected chi connectivity index (χ4v) is 3.83. The number of nitrogens with zero attached hydrogens (tertiary/aromatic N) is 4. The SMILES string of the molecule is CC(C)(C)c1cc(NC(=O)CCc2cccc(OC3CCCC3)c2)n(-c2ncccn2)n1. The minimum absolute atomic E-state index is 0.0790. The van der Waals surface area contributed by atoms with Gasteiger partial charge in [-0.25, -0.2) is 9.97 Å². The molecule has 7 nitrogen and oxygen atoms in total. The molecule has 0 unspecified atom stereocenters. The highest BCUT2D eigenvalue weighted by molar-refractivity contribution is 5.90. The molecule has 1 amide bonds. The van der Waals surface area contributed by atoms with Crippen LogP contribution >= 0.6 is 0 Å². The molecule has 0 saturated heterocycles. The van der Waals surface area contributed by atoms with E-state index in [1.807, 2.05) is 30.3 Å². The number of amides is 1. The van der Waals surface area contributed by atoms with Gasteiger partial charge in [0.1, 0.15) is 11.6 Å². The first kappa shape index (κ1) is 22.0. The van der Waals surface area contributed by atoms with Crippen LogP contribution in [0.25, 0.3) is 5.95 Å². The Bertz CT molecular complexity index is 1050. The molecular weight excluding hydrogens is 402 g/mol. The lowest BCUT2D eigenvalue weighted by Crippen LogP contribution is -2.16. The van der Waals surface area contributed by atoms with Gasteiger partial charge in [-0.15, -0.1) is 0 Å². The summed E-state index contributed by atoms with van der Waals surface area (Å²) in [5.41, 5.74) is 1.78. The van der Waals surface area contributed by atoms with Gasteiger partial charge in [-0.1, -0.05) is 32.9 Å². The Morgan fingerprint density at radius 3 is 2.59 bits per heavy atom. The highest BCUT2D eigenvalue weighted by Gasteiger charge is 2.22. The van der Waals surface area contributed by atoms with Crippen molar-refractivity contribution in [3.8, 4) is 11.7 Å². The molecule has 1 fully saturated rings. The van der Waals surface area contributed by atoms with E-state index in [1.54, 1.807) is 23.1 Å². The Hall–Kier alpha value is -3.22. The number of carbonyl (C=O) groups excluding carboxylic acids is 1. The molecule has 32 heavy (non-hydrogen) atoms. The molecule has 0 bridgehead atoms. The van der Waals surface area contributed by atoms with Crippen LogP contribution in [0.1, 0.15) is 64.1 Å². The number of anilines is 1. The lowest BCUT2D eigenvalue weighted by atomic mass is 9.92. The first-order valence-corrected chi connectivity index (χ1v) is 11.3. The Balaban J connectivity index is 1.42. The smallest absolute Gasteiger partial charge is 0.252 e. The van der Waals surface area contributed by atoms with Crippen LogP contribution in [0.4, 0.5) is 5.82 Å². The second kappa shape index (κ2) is 9.51. The standard InChI is InChI=1S/C25H31N5O2/c1-25(2,3)21-17-22(30(29-21)24-26-14-7-15-27-24)28-23(31)13-12-18-8-6-11-20(16-18)32-19-9-4-5-10-19/h6-8,11,14-17,19H,4-5,9-10,12-13H2,1-3H3,(H,28,31). The van der Waals surface area contributed by atoms with Gasteiger partial charge in [0, 0.05) is 30.3 Å². The number of rotatable bonds is 7. The molecule has 1 aromatic carbocycles. The number of nitrogens with one attached hydrogen (secondary N) is 1. The average Bonchev–Trinajstić information content (AvgIpc) is 3.43. The third kappa shape index (κ3) is 5.52. The van der Waals surface area contributed by atoms with Gasteiger partial charge in [-0.3, -0.25) is 4.79 Å². The number of aryl methyl sites for hydroxylation is 1. The molecule has 1 saturated carbocycles. The number of benzene rings is 1. The molecule has 1 aliphatic rings. The van der Waals surface area contributed by atoms with Crippen LogP contribution in [0, 0.1) is 0 Å². The summed E-state index contributed by atoms with van der Waals surface area (Å²) in [5, 5.41) is 7.64. The third-order valence-electron chi connectivity index (χ3n) is 5.63. The van der Waals surface area contributed by atoms with E-state index in [1.165, 1.54) is 12.8 Å². The molecule has 4 rings (SSSR count). The number of ether oxygens (including phenoxy) is 1. The second-order valence-corrected chi connectivity index (χ2v) is 9.35. The van der Waals surface area contributed by atoms with Crippen LogP contribution in [-0.2, 0) is 16.6 Å². The highest BCUT2D eigenvalue weighted by atomic mass is 16.5. The lowest BCUT2D eigenvalue weighted by Gasteiger charge is -2.14. The zero-order chi connectivity index (χ0) is 22.6. The largest absolute Gasteiger partial charge is 0.490 e. The minimum atomic E-state index is -0.167. The maximum absolute atomic E-state index is 12.8. The summed E-state index contributed by atoms with van der Waals surface area (Å²) in [6.45, 7) is 6.24. The first-order valence-electron chi connectivity index (χ1n) is 11.3. The second-order valence-electron chi connectivity index (χ2n) is 9.35. The average molecular weight is 434 g/mol. The van der Waals surface area contributed by atoms with E-state index in [-0.39, 0.29) is 11.3 Å². The van der Waals surface area contributed by atoms with Crippen LogP contribution in [0.3, 0.4) is 0 Å². The molecule has 2 heterocycles. The van der Waals surface area contributed by atoms with Crippen molar-refractivity contribution in [2.24, 2.45) is 0 Å². The van der Waals surface area contributed by atoms with E-state index in [0.717, 1.165) is 29.8 Å². The summed E-state index contributed by atoms with van der Waals surface area (Å²) in [5.74, 6) is 1.81. The Kier molecular flexibility index (Phi) is 6.53. The minimum Gasteiger partial charge on any atom is -0.490 e. The number of hydrogen-bond donors (Lipinski definition) is 1. The van der Waals surface area contributed by atoms with E-state index in [0.29, 0.717) is 30.7 Å². The fraction of sp³-hybridized carbons (Fsp3) is 0.440. The van der Waals surface area contributed by atoms with Crippen LogP contribution in [-0.4, -0.2) is 31.8 Å². The van der Waals surface area contributed by atoms with Crippen molar-refractivity contribution in [1.29, 1.82) is 0 Å². The Morgan fingerprint density at radius 1 is 1.12 bits per heavy atom. The van der Waals surface area contributed by atoms with Gasteiger partial charge < -0.3 is 10.1 Å². The number of aromatic nitrogens is 4. The van der Waals surface area contributed by atoms with Gasteiger partial charge in [0.05, 0.1) is 11.8 Å². The molecule has 0 radical (unpaired) electrons. The van der Waals surface area contributed by atoms with E-state index in [2.05, 4.69) is 41.2 Å². The molecule has 1 N–H and O–H groups in total. The predicted octanol–water partition coefficient (Wildman–Crippen LogP) is 4.85. The summed E-state index contributed by atoms with van der Waals surface area (Å²) in [6.07, 6.45) is 9.38. The molecule has 0 spiro atoms. The summed E-state index contributed by atoms with van der Waals surface area (Å²) < 4.78 is 7.68. The van der Waals surface area contributed by atoms with Gasteiger partial charge in [0.2, 0.25) is 5.91 Å². The molecule has 2 aromatic heterocycles. The van der Waals surface area contributed by atoms with E-state index >= 15 is 0 Å². The van der Waals surface area contributed by atoms with Gasteiger partial charge in [-0.05, 0) is 55.9 Å². The first-order chi connectivity index (χ1) is 15.4. The predicted molar refractivity (Wildman–Crippen MR) is 124 cm³/mol. The molecule has 7 heteroatoms. The number of hydrogen-bond acceptors (Lipinski definition) is 5. The molecular formula is C25H31N5O2. The zero-order valence-corrected chi connectivity index (χ0v) is 19.0. The van der Waals surface area contributed by atoms with E-state index in [4.69, 9.17) is 4.74 Å². The van der Waals surface area contributed by atoms with Gasteiger partial charge in [-0.2, -0.15) is 9.78 Å². The van der Waals surface area contributed by atoms with Crippen LogP contribution in [0.5, 0.6) is 5.75 Å². The Morgan fingerprint density at radius 2 is 1.88 bits per heavy atom. The van der Waals surface area contributed by atoms with Gasteiger partial charge >= 0.3 is 0 Å². The molecule has 3 aromatic rings. The monoisotopic (exact) mass is 433 g/mol. The van der Waals surface area contributed by atoms with Crippen molar-refractivity contribution in [1.82, 2.24) is 19.7 Å². The van der Waals surface area contributed by atoms with Crippen molar-refractivity contribution in [2.45, 2.75) is 70.8 Å². The van der Waals surface area contributed by atoms with Crippen molar-refractivity contribution in [2.75, 3.05) is 5.32 Å². The van der Waals surface area contributed by atoms with Crippen molar-refractivity contribution in [3.05, 3.63) is 60.0 Å². The molecule has 0 atom stereocenters. The van der Waals surface area contributed by atoms with Gasteiger partial charge in [0.25, 0.3) is 5.95 Å². The maximum atomic E-state index is 12.8. The molecule has 1 aliphatic carbocycles. The molecule has 0 aliphatic heterocycles. The van der Waals surface area contributed by atoms with Crippen molar-refractivity contribution >= 4 is 11.7 Å². The van der Waals surface area contributed by atoms with E-state index < -0.39 is 0 Å². The lowest BCUT2D eigenvalue weighted by molar-refractivity contribution is -0.116. The quantitative estimate of drug-likeness (QED) is 0.576. The van der Waals surface area contributed by atoms with Crippen LogP contribution < -0.4 is 10.1 Å². The van der Waals surface area contributed by atoms with Crippen LogP contribution in [0.15, 0.2) is 48.8 Å². The summed E-state index contributed by atoms with van der Waals surface area (Å²) in [6, 6.07) is 11.7. The third-order valence-corrected chi connectivity index (χ3v) is 5.63.